The summed E-state index contributed by atoms with van der Waals surface area (Å²) in [4.78, 5) is 49.0. The summed E-state index contributed by atoms with van der Waals surface area (Å²) in [6, 6.07) is 18.6. The number of H-pyrrole nitrogens is 1. The van der Waals surface area contributed by atoms with Gasteiger partial charge in [0, 0.05) is 73.2 Å². The van der Waals surface area contributed by atoms with Crippen molar-refractivity contribution in [3.05, 3.63) is 117 Å². The van der Waals surface area contributed by atoms with Crippen LogP contribution in [0.1, 0.15) is 54.6 Å². The molecule has 0 radical (unpaired) electrons. The van der Waals surface area contributed by atoms with Gasteiger partial charge in [0.1, 0.15) is 29.5 Å². The van der Waals surface area contributed by atoms with Crippen LogP contribution >= 0.6 is 11.6 Å². The summed E-state index contributed by atoms with van der Waals surface area (Å²) in [6.45, 7) is 8.34. The number of sulfonamides is 1. The van der Waals surface area contributed by atoms with Crippen molar-refractivity contribution in [3.8, 4) is 17.2 Å². The maximum absolute atomic E-state index is 13.9. The summed E-state index contributed by atoms with van der Waals surface area (Å²) < 4.78 is 46.3. The zero-order valence-corrected chi connectivity index (χ0v) is 35.5. The van der Waals surface area contributed by atoms with E-state index in [1.807, 2.05) is 18.2 Å². The van der Waals surface area contributed by atoms with Gasteiger partial charge >= 0.3 is 5.97 Å². The number of benzene rings is 3. The molecule has 5 aromatic rings. The molecule has 1 aliphatic carbocycles. The van der Waals surface area contributed by atoms with Crippen molar-refractivity contribution >= 4 is 61.5 Å². The van der Waals surface area contributed by atoms with E-state index in [2.05, 4.69) is 50.5 Å². The van der Waals surface area contributed by atoms with Gasteiger partial charge in [-0.3, -0.25) is 24.6 Å². The van der Waals surface area contributed by atoms with Crippen LogP contribution in [-0.2, 0) is 26.0 Å². The maximum atomic E-state index is 13.9. The molecule has 2 aliphatic heterocycles. The second kappa shape index (κ2) is 16.8. The zero-order valence-electron chi connectivity index (χ0n) is 33.9. The lowest BCUT2D eigenvalue weighted by atomic mass is 9.72. The minimum Gasteiger partial charge on any atom is -0.492 e. The molecule has 318 valence electrons. The Balaban J connectivity index is 1.03. The van der Waals surface area contributed by atoms with Gasteiger partial charge in [0.2, 0.25) is 0 Å². The number of nitrogens with zero attached hydrogens (tertiary/aromatic N) is 4. The highest BCUT2D eigenvalue weighted by atomic mass is 35.5. The molecule has 61 heavy (non-hydrogen) atoms. The fourth-order valence-electron chi connectivity index (χ4n) is 8.29. The van der Waals surface area contributed by atoms with Crippen molar-refractivity contribution in [2.24, 2.45) is 11.3 Å². The summed E-state index contributed by atoms with van der Waals surface area (Å²) >= 11 is 6.23. The second-order valence-corrected chi connectivity index (χ2v) is 18.5. The molecule has 0 saturated carbocycles. The van der Waals surface area contributed by atoms with E-state index in [0.717, 1.165) is 67.1 Å². The number of nitro groups is 1. The van der Waals surface area contributed by atoms with Gasteiger partial charge in [0.25, 0.3) is 21.6 Å². The Kier molecular flexibility index (Phi) is 11.5. The van der Waals surface area contributed by atoms with Crippen molar-refractivity contribution < 1.29 is 37.1 Å². The molecule has 4 heterocycles. The van der Waals surface area contributed by atoms with E-state index in [4.69, 9.17) is 25.8 Å². The summed E-state index contributed by atoms with van der Waals surface area (Å²) in [6.07, 6.45) is 6.31. The normalized spacial score (nSPS) is 18.0. The van der Waals surface area contributed by atoms with Crippen LogP contribution in [0.4, 0.5) is 11.4 Å². The van der Waals surface area contributed by atoms with Gasteiger partial charge in [-0.15, -0.1) is 0 Å². The number of anilines is 1. The summed E-state index contributed by atoms with van der Waals surface area (Å²) in [7, 11) is -3.50. The van der Waals surface area contributed by atoms with Gasteiger partial charge in [-0.05, 0) is 78.6 Å². The van der Waals surface area contributed by atoms with Gasteiger partial charge < -0.3 is 24.1 Å². The predicted octanol–water partition coefficient (Wildman–Crippen LogP) is 7.55. The molecule has 3 aromatic carbocycles. The minimum atomic E-state index is -4.70. The average Bonchev–Trinajstić information content (AvgIpc) is 3.72. The lowest BCUT2D eigenvalue weighted by Gasteiger charge is -2.39. The Morgan fingerprint density at radius 1 is 1.07 bits per heavy atom. The molecule has 17 heteroatoms. The van der Waals surface area contributed by atoms with E-state index < -0.39 is 43.3 Å². The molecule has 0 spiro atoms. The molecular weight excluding hydrogens is 824 g/mol. The van der Waals surface area contributed by atoms with Crippen LogP contribution in [0.25, 0.3) is 16.6 Å². The van der Waals surface area contributed by atoms with E-state index in [-0.39, 0.29) is 41.1 Å². The first-order chi connectivity index (χ1) is 29.2. The number of amides is 1. The summed E-state index contributed by atoms with van der Waals surface area (Å²) in [5.74, 6) is -2.11. The Labute approximate surface area is 357 Å². The molecule has 1 saturated heterocycles. The number of halogens is 1. The zero-order chi connectivity index (χ0) is 43.1. The highest BCUT2D eigenvalue weighted by Gasteiger charge is 2.35. The van der Waals surface area contributed by atoms with Gasteiger partial charge in [0.05, 0.1) is 40.2 Å². The highest BCUT2D eigenvalue weighted by molar-refractivity contribution is 7.90. The number of methoxy groups -OCH3 is 1. The van der Waals surface area contributed by atoms with E-state index in [9.17, 15) is 28.1 Å². The highest BCUT2D eigenvalue weighted by Crippen LogP contribution is 2.44. The molecule has 0 bridgehead atoms. The number of allylic oxidation sites excluding steroid dienone is 1. The van der Waals surface area contributed by atoms with Crippen molar-refractivity contribution in [3.63, 3.8) is 0 Å². The third kappa shape index (κ3) is 9.06. The van der Waals surface area contributed by atoms with Gasteiger partial charge in [-0.2, -0.15) is 0 Å². The monoisotopic (exact) mass is 868 g/mol. The first-order valence-electron chi connectivity index (χ1n) is 19.9. The number of pyridine rings is 1. The average molecular weight is 869 g/mol. The number of nitrogens with one attached hydrogen (secondary N) is 2. The van der Waals surface area contributed by atoms with Gasteiger partial charge in [-0.1, -0.05) is 43.2 Å². The molecule has 0 unspecified atom stereocenters. The molecule has 15 nitrogen and oxygen atoms in total. The maximum Gasteiger partial charge on any atom is 0.312 e. The number of piperazine rings is 1. The van der Waals surface area contributed by atoms with Gasteiger partial charge in [0.15, 0.2) is 0 Å². The number of carbonyl (C=O) groups is 2. The van der Waals surface area contributed by atoms with E-state index in [1.165, 1.54) is 36.1 Å². The number of hydrogen-bond donors (Lipinski definition) is 2. The standard InChI is InChI=1S/C44H45ClN6O9S/c1-44(2)12-10-29(37(23-44)27-4-6-31(45)7-5-27)25-49-14-16-50(17-15-49)32-8-9-35(40(20-32)60-33-18-28-11-13-46-41(28)47-24-33)42(52)48-61(56,57)34-21-38(51(54)55)36-19-30(43(53)58-3)26-59-39(36)22-34/h4-9,11,13,18,20-22,24,30H,10,12,14-17,19,23,25-26H2,1-3H3,(H,46,47)(H,48,52)/t30-/m1/s1. The van der Waals surface area contributed by atoms with E-state index >= 15 is 0 Å². The number of esters is 1. The van der Waals surface area contributed by atoms with Crippen LogP contribution in [0.2, 0.25) is 5.02 Å². The summed E-state index contributed by atoms with van der Waals surface area (Å²) in [5, 5.41) is 13.6. The fourth-order valence-corrected chi connectivity index (χ4v) is 9.41. The number of hydrogen-bond acceptors (Lipinski definition) is 12. The third-order valence-electron chi connectivity index (χ3n) is 11.7. The number of carbonyl (C=O) groups excluding carboxylic acids is 2. The molecule has 2 aromatic heterocycles. The smallest absolute Gasteiger partial charge is 0.312 e. The van der Waals surface area contributed by atoms with Crippen LogP contribution in [0.15, 0.2) is 89.6 Å². The Morgan fingerprint density at radius 3 is 2.57 bits per heavy atom. The minimum absolute atomic E-state index is 0.0508. The van der Waals surface area contributed by atoms with E-state index in [0.29, 0.717) is 24.5 Å². The molecule has 1 fully saturated rings. The van der Waals surface area contributed by atoms with Crippen molar-refractivity contribution in [2.45, 2.75) is 44.4 Å². The quantitative estimate of drug-likeness (QED) is 0.0756. The fraction of sp³-hybridized carbons (Fsp3) is 0.341. The molecule has 1 atom stereocenters. The second-order valence-electron chi connectivity index (χ2n) is 16.4. The van der Waals surface area contributed by atoms with Crippen molar-refractivity contribution in [2.75, 3.05) is 51.3 Å². The number of fused-ring (bicyclic) bond motifs is 2. The molecule has 3 aliphatic rings. The molecule has 1 amide bonds. The van der Waals surface area contributed by atoms with Crippen molar-refractivity contribution in [1.82, 2.24) is 19.6 Å². The van der Waals surface area contributed by atoms with E-state index in [1.54, 1.807) is 24.4 Å². The molecule has 8 rings (SSSR count). The Bertz CT molecular complexity index is 2670. The first-order valence-corrected chi connectivity index (χ1v) is 21.8. The first kappa shape index (κ1) is 41.8. The molecular formula is C44H45ClN6O9S. The van der Waals surface area contributed by atoms with Gasteiger partial charge in [-0.25, -0.2) is 18.1 Å². The lowest BCUT2D eigenvalue weighted by Crippen LogP contribution is -2.47. The Morgan fingerprint density at radius 2 is 1.84 bits per heavy atom. The lowest BCUT2D eigenvalue weighted by molar-refractivity contribution is -0.386. The number of aromatic amines is 1. The van der Waals surface area contributed by atoms with Crippen LogP contribution in [0, 0.1) is 21.4 Å². The topological polar surface area (TPSA) is 186 Å². The number of rotatable bonds is 11. The van der Waals surface area contributed by atoms with Crippen LogP contribution in [0.3, 0.4) is 0 Å². The SMILES string of the molecule is COC(=O)[C@H]1COc2cc(S(=O)(=O)NC(=O)c3ccc(N4CCN(CC5=C(c6ccc(Cl)cc6)CC(C)(C)CC5)CC4)cc3Oc3cnc4[nH]ccc4c3)cc([N+](=O)[O-])c2C1. The predicted molar refractivity (Wildman–Crippen MR) is 230 cm³/mol. The van der Waals surface area contributed by atoms with Crippen LogP contribution in [0.5, 0.6) is 17.2 Å². The number of aromatic nitrogens is 2. The number of ether oxygens (including phenoxy) is 3. The number of nitro benzene ring substituents is 1. The summed E-state index contributed by atoms with van der Waals surface area (Å²) in [5.41, 5.74) is 5.08. The van der Waals surface area contributed by atoms with Crippen molar-refractivity contribution in [1.29, 1.82) is 0 Å². The van der Waals surface area contributed by atoms with Crippen LogP contribution in [-0.4, -0.2) is 86.5 Å². The third-order valence-corrected chi connectivity index (χ3v) is 13.2. The largest absolute Gasteiger partial charge is 0.492 e. The van der Waals surface area contributed by atoms with Crippen LogP contribution < -0.4 is 19.1 Å². The Hall–Kier alpha value is -5.97. The molecule has 2 N–H and O–H groups in total.